The molecule has 1 aliphatic rings. The smallest absolute Gasteiger partial charge is 0.123 e. The molecule has 3 unspecified atom stereocenters. The van der Waals surface area contributed by atoms with Crippen molar-refractivity contribution in [2.75, 3.05) is 6.54 Å². The van der Waals surface area contributed by atoms with Crippen molar-refractivity contribution in [3.63, 3.8) is 0 Å². The van der Waals surface area contributed by atoms with Crippen molar-refractivity contribution in [1.29, 1.82) is 0 Å². The number of rotatable bonds is 7. The molecule has 1 aromatic carbocycles. The standard InChI is InChI=1S/C18H29NO/c1-4-12-19-15-10-11-16(13-15)20-18-9-7-6-8-17(18)14(3)5-2/h6-9,14-16,19H,4-5,10-13H2,1-3H3. The number of benzene rings is 1. The van der Waals surface area contributed by atoms with E-state index in [1.54, 1.807) is 0 Å². The minimum absolute atomic E-state index is 0.384. The van der Waals surface area contributed by atoms with Crippen molar-refractivity contribution in [1.82, 2.24) is 5.32 Å². The molecule has 0 aliphatic heterocycles. The molecule has 0 amide bonds. The molecule has 0 spiro atoms. The first-order valence-electron chi connectivity index (χ1n) is 8.23. The Kier molecular flexibility index (Phi) is 5.90. The van der Waals surface area contributed by atoms with E-state index in [0.717, 1.165) is 25.1 Å². The van der Waals surface area contributed by atoms with Gasteiger partial charge in [-0.1, -0.05) is 39.0 Å². The largest absolute Gasteiger partial charge is 0.490 e. The fourth-order valence-corrected chi connectivity index (χ4v) is 2.98. The van der Waals surface area contributed by atoms with Gasteiger partial charge in [0.25, 0.3) is 0 Å². The van der Waals surface area contributed by atoms with Crippen LogP contribution in [0.5, 0.6) is 5.75 Å². The average Bonchev–Trinajstić information content (AvgIpc) is 2.92. The summed E-state index contributed by atoms with van der Waals surface area (Å²) in [5.74, 6) is 1.67. The summed E-state index contributed by atoms with van der Waals surface area (Å²) in [5, 5.41) is 3.62. The van der Waals surface area contributed by atoms with E-state index in [9.17, 15) is 0 Å². The van der Waals surface area contributed by atoms with Crippen molar-refractivity contribution in [2.45, 2.75) is 70.9 Å². The van der Waals surface area contributed by atoms with E-state index in [1.807, 2.05) is 0 Å². The fraction of sp³-hybridized carbons (Fsp3) is 0.667. The molecule has 0 radical (unpaired) electrons. The van der Waals surface area contributed by atoms with E-state index in [-0.39, 0.29) is 0 Å². The molecule has 1 aromatic rings. The molecule has 2 nitrogen and oxygen atoms in total. The Morgan fingerprint density at radius 1 is 1.25 bits per heavy atom. The molecule has 2 heteroatoms. The highest BCUT2D eigenvalue weighted by molar-refractivity contribution is 5.36. The van der Waals surface area contributed by atoms with E-state index in [0.29, 0.717) is 18.1 Å². The van der Waals surface area contributed by atoms with Gasteiger partial charge >= 0.3 is 0 Å². The van der Waals surface area contributed by atoms with Crippen LogP contribution in [-0.4, -0.2) is 18.7 Å². The lowest BCUT2D eigenvalue weighted by Gasteiger charge is -2.20. The van der Waals surface area contributed by atoms with E-state index < -0.39 is 0 Å². The lowest BCUT2D eigenvalue weighted by atomic mass is 9.98. The molecule has 3 atom stereocenters. The second-order valence-electron chi connectivity index (χ2n) is 6.05. The second-order valence-corrected chi connectivity index (χ2v) is 6.05. The molecule has 112 valence electrons. The third-order valence-corrected chi connectivity index (χ3v) is 4.42. The molecule has 0 aromatic heterocycles. The van der Waals surface area contributed by atoms with Crippen LogP contribution in [0.25, 0.3) is 0 Å². The van der Waals surface area contributed by atoms with Crippen LogP contribution >= 0.6 is 0 Å². The number of hydrogen-bond acceptors (Lipinski definition) is 2. The maximum atomic E-state index is 6.30. The Morgan fingerprint density at radius 2 is 2.05 bits per heavy atom. The number of para-hydroxylation sites is 1. The average molecular weight is 275 g/mol. The Hall–Kier alpha value is -1.02. The normalized spacial score (nSPS) is 23.8. The molecular formula is C18H29NO. The van der Waals surface area contributed by atoms with Gasteiger partial charge < -0.3 is 10.1 Å². The van der Waals surface area contributed by atoms with E-state index in [2.05, 4.69) is 50.4 Å². The van der Waals surface area contributed by atoms with Gasteiger partial charge in [0.05, 0.1) is 0 Å². The fourth-order valence-electron chi connectivity index (χ4n) is 2.98. The van der Waals surface area contributed by atoms with Gasteiger partial charge in [0.1, 0.15) is 11.9 Å². The molecule has 1 aliphatic carbocycles. The maximum Gasteiger partial charge on any atom is 0.123 e. The van der Waals surface area contributed by atoms with Gasteiger partial charge in [0.15, 0.2) is 0 Å². The van der Waals surface area contributed by atoms with Crippen LogP contribution in [0.3, 0.4) is 0 Å². The maximum absolute atomic E-state index is 6.30. The van der Waals surface area contributed by atoms with Crippen LogP contribution in [0, 0.1) is 0 Å². The summed E-state index contributed by atoms with van der Waals surface area (Å²) in [6, 6.07) is 9.20. The van der Waals surface area contributed by atoms with E-state index >= 15 is 0 Å². The minimum Gasteiger partial charge on any atom is -0.490 e. The van der Waals surface area contributed by atoms with Crippen LogP contribution in [0.2, 0.25) is 0 Å². The van der Waals surface area contributed by atoms with Crippen LogP contribution in [0.15, 0.2) is 24.3 Å². The number of hydrogen-bond donors (Lipinski definition) is 1. The van der Waals surface area contributed by atoms with Crippen LogP contribution in [0.4, 0.5) is 0 Å². The Balaban J connectivity index is 1.94. The predicted molar refractivity (Wildman–Crippen MR) is 85.5 cm³/mol. The Morgan fingerprint density at radius 3 is 2.80 bits per heavy atom. The lowest BCUT2D eigenvalue weighted by molar-refractivity contribution is 0.203. The van der Waals surface area contributed by atoms with Gasteiger partial charge in [-0.15, -0.1) is 0 Å². The molecule has 0 saturated heterocycles. The zero-order valence-corrected chi connectivity index (χ0v) is 13.2. The van der Waals surface area contributed by atoms with Crippen molar-refractivity contribution < 1.29 is 4.74 Å². The zero-order chi connectivity index (χ0) is 14.4. The third-order valence-electron chi connectivity index (χ3n) is 4.42. The molecular weight excluding hydrogens is 246 g/mol. The topological polar surface area (TPSA) is 21.3 Å². The first kappa shape index (κ1) is 15.4. The van der Waals surface area contributed by atoms with Crippen molar-refractivity contribution >= 4 is 0 Å². The number of nitrogens with one attached hydrogen (secondary N) is 1. The molecule has 0 bridgehead atoms. The lowest BCUT2D eigenvalue weighted by Crippen LogP contribution is -2.28. The third kappa shape index (κ3) is 3.99. The Bertz CT molecular complexity index is 404. The van der Waals surface area contributed by atoms with Gasteiger partial charge in [0.2, 0.25) is 0 Å². The van der Waals surface area contributed by atoms with Crippen molar-refractivity contribution in [2.24, 2.45) is 0 Å². The van der Waals surface area contributed by atoms with Gasteiger partial charge in [0, 0.05) is 6.04 Å². The van der Waals surface area contributed by atoms with Crippen LogP contribution in [0.1, 0.15) is 64.4 Å². The van der Waals surface area contributed by atoms with Gasteiger partial charge in [-0.25, -0.2) is 0 Å². The van der Waals surface area contributed by atoms with E-state index in [4.69, 9.17) is 4.74 Å². The summed E-state index contributed by atoms with van der Waals surface area (Å²) in [6.07, 6.45) is 6.32. The SMILES string of the molecule is CCCNC1CCC(Oc2ccccc2C(C)CC)C1. The zero-order valence-electron chi connectivity index (χ0n) is 13.2. The van der Waals surface area contributed by atoms with Crippen LogP contribution in [-0.2, 0) is 0 Å². The molecule has 1 N–H and O–H groups in total. The highest BCUT2D eigenvalue weighted by Gasteiger charge is 2.26. The Labute approximate surface area is 123 Å². The highest BCUT2D eigenvalue weighted by Crippen LogP contribution is 2.32. The summed E-state index contributed by atoms with van der Waals surface area (Å²) in [5.41, 5.74) is 1.36. The second kappa shape index (κ2) is 7.68. The first-order chi connectivity index (χ1) is 9.74. The van der Waals surface area contributed by atoms with Crippen molar-refractivity contribution in [3.8, 4) is 5.75 Å². The summed E-state index contributed by atoms with van der Waals surface area (Å²) in [6.45, 7) is 7.86. The molecule has 20 heavy (non-hydrogen) atoms. The van der Waals surface area contributed by atoms with E-state index in [1.165, 1.54) is 24.8 Å². The molecule has 1 fully saturated rings. The molecule has 1 saturated carbocycles. The predicted octanol–water partition coefficient (Wildman–Crippen LogP) is 4.50. The first-order valence-corrected chi connectivity index (χ1v) is 8.23. The number of ether oxygens (including phenoxy) is 1. The van der Waals surface area contributed by atoms with Gasteiger partial charge in [-0.3, -0.25) is 0 Å². The highest BCUT2D eigenvalue weighted by atomic mass is 16.5. The quantitative estimate of drug-likeness (QED) is 0.791. The summed E-state index contributed by atoms with van der Waals surface area (Å²) >= 11 is 0. The van der Waals surface area contributed by atoms with Crippen molar-refractivity contribution in [3.05, 3.63) is 29.8 Å². The summed E-state index contributed by atoms with van der Waals surface area (Å²) in [4.78, 5) is 0. The van der Waals surface area contributed by atoms with Crippen LogP contribution < -0.4 is 10.1 Å². The molecule has 0 heterocycles. The monoisotopic (exact) mass is 275 g/mol. The summed E-state index contributed by atoms with van der Waals surface area (Å²) < 4.78 is 6.30. The summed E-state index contributed by atoms with van der Waals surface area (Å²) in [7, 11) is 0. The molecule has 2 rings (SSSR count). The minimum atomic E-state index is 0.384. The van der Waals surface area contributed by atoms with Gasteiger partial charge in [-0.2, -0.15) is 0 Å². The van der Waals surface area contributed by atoms with Gasteiger partial charge in [-0.05, 0) is 56.2 Å².